The largest absolute Gasteiger partial charge is 0.383 e. The van der Waals surface area contributed by atoms with Gasteiger partial charge < -0.3 is 11.1 Å². The molecule has 3 N–H and O–H groups in total. The summed E-state index contributed by atoms with van der Waals surface area (Å²) in [7, 11) is 0. The normalized spacial score (nSPS) is 18.9. The zero-order chi connectivity index (χ0) is 13.4. The van der Waals surface area contributed by atoms with E-state index in [2.05, 4.69) is 22.2 Å². The quantitative estimate of drug-likeness (QED) is 0.825. The van der Waals surface area contributed by atoms with Crippen molar-refractivity contribution < 1.29 is 0 Å². The van der Waals surface area contributed by atoms with Gasteiger partial charge in [-0.1, -0.05) is 6.92 Å². The van der Waals surface area contributed by atoms with Crippen molar-refractivity contribution in [1.82, 2.24) is 9.97 Å². The molecule has 1 aromatic rings. The van der Waals surface area contributed by atoms with Gasteiger partial charge >= 0.3 is 0 Å². The molecule has 4 nitrogen and oxygen atoms in total. The number of hydrogen-bond donors (Lipinski definition) is 2. The first-order valence-corrected chi connectivity index (χ1v) is 7.58. The number of nitrogens with two attached hydrogens (primary N) is 1. The first-order chi connectivity index (χ1) is 9.19. The lowest BCUT2D eigenvalue weighted by atomic mass is 10.1. The lowest BCUT2D eigenvalue weighted by Crippen LogP contribution is -2.26. The Hall–Kier alpha value is -1.32. The molecule has 104 valence electrons. The predicted octanol–water partition coefficient (Wildman–Crippen LogP) is 2.92. The van der Waals surface area contributed by atoms with Gasteiger partial charge in [-0.3, -0.25) is 0 Å². The van der Waals surface area contributed by atoms with E-state index < -0.39 is 0 Å². The Morgan fingerprint density at radius 3 is 2.37 bits per heavy atom. The summed E-state index contributed by atoms with van der Waals surface area (Å²) in [5, 5.41) is 3.68. The summed E-state index contributed by atoms with van der Waals surface area (Å²) < 4.78 is 0. The van der Waals surface area contributed by atoms with E-state index in [1.807, 2.05) is 6.92 Å². The fourth-order valence-electron chi connectivity index (χ4n) is 2.75. The van der Waals surface area contributed by atoms with Crippen molar-refractivity contribution in [2.75, 3.05) is 11.1 Å². The molecular formula is C15H24N4. The van der Waals surface area contributed by atoms with Crippen molar-refractivity contribution in [3.63, 3.8) is 0 Å². The second-order valence-electron chi connectivity index (χ2n) is 6.09. The van der Waals surface area contributed by atoms with Gasteiger partial charge in [-0.15, -0.1) is 0 Å². The molecule has 2 fully saturated rings. The minimum absolute atomic E-state index is 0.613. The van der Waals surface area contributed by atoms with Crippen LogP contribution in [0.1, 0.15) is 50.4 Å². The zero-order valence-corrected chi connectivity index (χ0v) is 11.9. The molecule has 0 spiro atoms. The third kappa shape index (κ3) is 2.82. The van der Waals surface area contributed by atoms with Crippen LogP contribution in [-0.4, -0.2) is 16.0 Å². The molecule has 0 radical (unpaired) electrons. The molecule has 0 atom stereocenters. The lowest BCUT2D eigenvalue weighted by molar-refractivity contribution is 0.564. The van der Waals surface area contributed by atoms with Crippen molar-refractivity contribution in [3.8, 4) is 0 Å². The van der Waals surface area contributed by atoms with Crippen LogP contribution in [0, 0.1) is 18.8 Å². The highest BCUT2D eigenvalue weighted by Crippen LogP contribution is 2.46. The average molecular weight is 260 g/mol. The summed E-state index contributed by atoms with van der Waals surface area (Å²) in [6.07, 6.45) is 7.43. The Morgan fingerprint density at radius 1 is 1.21 bits per heavy atom. The molecule has 0 saturated heterocycles. The number of aryl methyl sites for hydroxylation is 1. The number of rotatable bonds is 6. The van der Waals surface area contributed by atoms with E-state index in [0.29, 0.717) is 11.9 Å². The minimum Gasteiger partial charge on any atom is -0.383 e. The molecule has 1 heterocycles. The van der Waals surface area contributed by atoms with E-state index in [-0.39, 0.29) is 0 Å². The Morgan fingerprint density at radius 2 is 1.84 bits per heavy atom. The fraction of sp³-hybridized carbons (Fsp3) is 0.733. The van der Waals surface area contributed by atoms with Crippen molar-refractivity contribution in [3.05, 3.63) is 11.4 Å². The SMILES string of the molecule is CCCc1nc(N)c(C)c(NC(C2CC2)C2CC2)n1. The molecular weight excluding hydrogens is 236 g/mol. The van der Waals surface area contributed by atoms with Gasteiger partial charge in [-0.05, 0) is 50.9 Å². The summed E-state index contributed by atoms with van der Waals surface area (Å²) >= 11 is 0. The summed E-state index contributed by atoms with van der Waals surface area (Å²) in [6.45, 7) is 4.16. The van der Waals surface area contributed by atoms with Crippen molar-refractivity contribution in [1.29, 1.82) is 0 Å². The Kier molecular flexibility index (Phi) is 3.33. The molecule has 2 aliphatic carbocycles. The molecule has 1 aromatic heterocycles. The van der Waals surface area contributed by atoms with E-state index in [9.17, 15) is 0 Å². The molecule has 19 heavy (non-hydrogen) atoms. The average Bonchev–Trinajstić information content (AvgIpc) is 3.26. The highest BCUT2D eigenvalue weighted by atomic mass is 15.1. The van der Waals surface area contributed by atoms with Gasteiger partial charge in [0.05, 0.1) is 0 Å². The van der Waals surface area contributed by atoms with Gasteiger partial charge in [-0.2, -0.15) is 0 Å². The zero-order valence-electron chi connectivity index (χ0n) is 11.9. The second-order valence-corrected chi connectivity index (χ2v) is 6.09. The number of nitrogens with one attached hydrogen (secondary N) is 1. The standard InChI is InChI=1S/C15H24N4/c1-3-4-12-17-14(16)9(2)15(18-12)19-13(10-5-6-10)11-7-8-11/h10-11,13H,3-8H2,1-2H3,(H3,16,17,18,19). The number of nitrogens with zero attached hydrogens (tertiary/aromatic N) is 2. The van der Waals surface area contributed by atoms with Crippen LogP contribution in [0.2, 0.25) is 0 Å². The van der Waals surface area contributed by atoms with Crippen LogP contribution in [0.3, 0.4) is 0 Å². The maximum absolute atomic E-state index is 6.02. The number of hydrogen-bond acceptors (Lipinski definition) is 4. The van der Waals surface area contributed by atoms with Gasteiger partial charge in [0.15, 0.2) is 0 Å². The van der Waals surface area contributed by atoms with Gasteiger partial charge in [-0.25, -0.2) is 9.97 Å². The topological polar surface area (TPSA) is 63.8 Å². The van der Waals surface area contributed by atoms with Crippen molar-refractivity contribution in [2.45, 2.75) is 58.4 Å². The van der Waals surface area contributed by atoms with E-state index >= 15 is 0 Å². The third-order valence-electron chi connectivity index (χ3n) is 4.27. The Labute approximate surface area is 115 Å². The van der Waals surface area contributed by atoms with E-state index in [4.69, 9.17) is 5.73 Å². The smallest absolute Gasteiger partial charge is 0.135 e. The van der Waals surface area contributed by atoms with Crippen LogP contribution in [0.15, 0.2) is 0 Å². The highest BCUT2D eigenvalue weighted by molar-refractivity contribution is 5.55. The number of anilines is 2. The Balaban J connectivity index is 1.81. The third-order valence-corrected chi connectivity index (χ3v) is 4.27. The van der Waals surface area contributed by atoms with Crippen LogP contribution >= 0.6 is 0 Å². The Bertz CT molecular complexity index is 451. The fourth-order valence-corrected chi connectivity index (χ4v) is 2.75. The summed E-state index contributed by atoms with van der Waals surface area (Å²) in [4.78, 5) is 9.06. The van der Waals surface area contributed by atoms with E-state index in [0.717, 1.165) is 41.9 Å². The maximum Gasteiger partial charge on any atom is 0.135 e. The monoisotopic (exact) mass is 260 g/mol. The molecule has 0 unspecified atom stereocenters. The van der Waals surface area contributed by atoms with Crippen LogP contribution in [0.4, 0.5) is 11.6 Å². The summed E-state index contributed by atoms with van der Waals surface area (Å²) in [5.74, 6) is 4.19. The number of aromatic nitrogens is 2. The first kappa shape index (κ1) is 12.7. The van der Waals surface area contributed by atoms with E-state index in [1.54, 1.807) is 0 Å². The van der Waals surface area contributed by atoms with E-state index in [1.165, 1.54) is 25.7 Å². The van der Waals surface area contributed by atoms with Crippen LogP contribution in [0.25, 0.3) is 0 Å². The molecule has 0 amide bonds. The van der Waals surface area contributed by atoms with Gasteiger partial charge in [0.25, 0.3) is 0 Å². The molecule has 0 aromatic carbocycles. The predicted molar refractivity (Wildman–Crippen MR) is 78.0 cm³/mol. The molecule has 2 aliphatic rings. The summed E-state index contributed by atoms with van der Waals surface area (Å²) in [6, 6.07) is 0.613. The molecule has 2 saturated carbocycles. The molecule has 3 rings (SSSR count). The summed E-state index contributed by atoms with van der Waals surface area (Å²) in [5.41, 5.74) is 7.03. The second kappa shape index (κ2) is 4.99. The van der Waals surface area contributed by atoms with Crippen molar-refractivity contribution >= 4 is 11.6 Å². The van der Waals surface area contributed by atoms with Gasteiger partial charge in [0.1, 0.15) is 17.5 Å². The molecule has 0 aliphatic heterocycles. The lowest BCUT2D eigenvalue weighted by Gasteiger charge is -2.20. The molecule has 0 bridgehead atoms. The maximum atomic E-state index is 6.02. The van der Waals surface area contributed by atoms with Gasteiger partial charge in [0.2, 0.25) is 0 Å². The van der Waals surface area contributed by atoms with Crippen LogP contribution in [0.5, 0.6) is 0 Å². The molecule has 4 heteroatoms. The van der Waals surface area contributed by atoms with Crippen LogP contribution < -0.4 is 11.1 Å². The van der Waals surface area contributed by atoms with Crippen LogP contribution in [-0.2, 0) is 6.42 Å². The van der Waals surface area contributed by atoms with Gasteiger partial charge in [0, 0.05) is 18.0 Å². The van der Waals surface area contributed by atoms with Crippen molar-refractivity contribution in [2.24, 2.45) is 11.8 Å². The minimum atomic E-state index is 0.613. The first-order valence-electron chi connectivity index (χ1n) is 7.58. The number of nitrogen functional groups attached to an aromatic ring is 1. The highest BCUT2D eigenvalue weighted by Gasteiger charge is 2.41.